The van der Waals surface area contributed by atoms with Gasteiger partial charge in [-0.05, 0) is 30.5 Å². The maximum Gasteiger partial charge on any atom is 0.135 e. The van der Waals surface area contributed by atoms with E-state index in [4.69, 9.17) is 4.74 Å². The van der Waals surface area contributed by atoms with Gasteiger partial charge in [-0.15, -0.1) is 0 Å². The van der Waals surface area contributed by atoms with Crippen LogP contribution in [0.2, 0.25) is 0 Å². The first-order valence-corrected chi connectivity index (χ1v) is 11.5. The molecule has 0 amide bonds. The molecule has 2 aromatic carbocycles. The number of para-hydroxylation sites is 1. The van der Waals surface area contributed by atoms with E-state index in [0.717, 1.165) is 12.2 Å². The first-order valence-electron chi connectivity index (χ1n) is 9.29. The van der Waals surface area contributed by atoms with Crippen LogP contribution in [0.5, 0.6) is 5.75 Å². The third-order valence-corrected chi connectivity index (χ3v) is 7.04. The van der Waals surface area contributed by atoms with Gasteiger partial charge in [0.25, 0.3) is 0 Å². The van der Waals surface area contributed by atoms with E-state index >= 15 is 0 Å². The third-order valence-electron chi connectivity index (χ3n) is 4.40. The van der Waals surface area contributed by atoms with Crippen LogP contribution < -0.4 is 4.74 Å². The summed E-state index contributed by atoms with van der Waals surface area (Å²) >= 11 is 5.13. The lowest BCUT2D eigenvalue weighted by molar-refractivity contribution is 0.183. The molecular weight excluding hydrogens is 534 g/mol. The van der Waals surface area contributed by atoms with E-state index in [2.05, 4.69) is 94.6 Å². The van der Waals surface area contributed by atoms with Crippen molar-refractivity contribution in [3.63, 3.8) is 0 Å². The number of alkyl halides is 2. The van der Waals surface area contributed by atoms with Crippen molar-refractivity contribution in [1.29, 1.82) is 0 Å². The lowest BCUT2D eigenvalue weighted by Gasteiger charge is -2.32. The highest BCUT2D eigenvalue weighted by Crippen LogP contribution is 2.45. The van der Waals surface area contributed by atoms with Crippen molar-refractivity contribution < 1.29 is 4.74 Å². The Hall–Kier alpha value is -0.300. The molecule has 136 valence electrons. The Kier molecular flexibility index (Phi) is 9.60. The van der Waals surface area contributed by atoms with Crippen molar-refractivity contribution in [1.82, 2.24) is 0 Å². The Morgan fingerprint density at radius 3 is 2.00 bits per heavy atom. The minimum Gasteiger partial charge on any atom is -0.488 e. The minimum absolute atomic E-state index is 0.0734. The van der Waals surface area contributed by atoms with Crippen LogP contribution in [0.4, 0.5) is 0 Å². The van der Waals surface area contributed by atoms with E-state index in [0.29, 0.717) is 0 Å². The van der Waals surface area contributed by atoms with E-state index in [9.17, 15) is 0 Å². The molecule has 1 unspecified atom stereocenters. The van der Waals surface area contributed by atoms with Crippen LogP contribution >= 0.6 is 45.2 Å². The van der Waals surface area contributed by atoms with Crippen LogP contribution in [-0.2, 0) is 1.43 Å². The first-order chi connectivity index (χ1) is 12.1. The number of rotatable bonds is 11. The smallest absolute Gasteiger partial charge is 0.135 e. The van der Waals surface area contributed by atoms with Gasteiger partial charge >= 0.3 is 0 Å². The molecule has 0 N–H and O–H groups in total. The molecule has 0 aliphatic carbocycles. The average Bonchev–Trinajstić information content (AvgIpc) is 2.65. The molecular formula is C22H28I2O. The minimum atomic E-state index is -0.0734. The zero-order valence-electron chi connectivity index (χ0n) is 15.0. The summed E-state index contributed by atoms with van der Waals surface area (Å²) in [5.74, 6) is 0.965. The molecule has 0 aliphatic heterocycles. The van der Waals surface area contributed by atoms with Crippen molar-refractivity contribution in [2.75, 3.05) is 0 Å². The zero-order valence-corrected chi connectivity index (χ0v) is 19.3. The molecule has 2 aromatic rings. The highest BCUT2D eigenvalue weighted by atomic mass is 127. The molecule has 25 heavy (non-hydrogen) atoms. The maximum atomic E-state index is 6.45. The largest absolute Gasteiger partial charge is 0.488 e. The van der Waals surface area contributed by atoms with E-state index in [-0.39, 0.29) is 7.53 Å². The van der Waals surface area contributed by atoms with Gasteiger partial charge in [0.1, 0.15) is 13.3 Å². The molecule has 1 nitrogen and oxygen atoms in total. The van der Waals surface area contributed by atoms with Gasteiger partial charge in [0, 0.05) is 0 Å². The van der Waals surface area contributed by atoms with Gasteiger partial charge in [0.2, 0.25) is 0 Å². The summed E-state index contributed by atoms with van der Waals surface area (Å²) in [4.78, 5) is 0. The summed E-state index contributed by atoms with van der Waals surface area (Å²) in [6, 6.07) is 21.0. The fourth-order valence-corrected chi connectivity index (χ4v) is 4.53. The topological polar surface area (TPSA) is 9.23 Å². The summed E-state index contributed by atoms with van der Waals surface area (Å²) in [6.45, 7) is 2.27. The van der Waals surface area contributed by atoms with E-state index in [1.165, 1.54) is 44.1 Å². The molecule has 0 heterocycles. The van der Waals surface area contributed by atoms with Crippen molar-refractivity contribution in [3.8, 4) is 5.75 Å². The Labute approximate surface area is 180 Å². The number of unbranched alkanes of at least 4 members (excludes halogenated alkanes) is 5. The normalized spacial score (nSPS) is 12.8. The van der Waals surface area contributed by atoms with Crippen molar-refractivity contribution in [3.05, 3.63) is 66.2 Å². The predicted octanol–water partition coefficient (Wildman–Crippen LogP) is 7.91. The molecule has 3 heteroatoms. The molecule has 0 saturated carbocycles. The molecule has 0 aliphatic rings. The highest BCUT2D eigenvalue weighted by Gasteiger charge is 2.36. The van der Waals surface area contributed by atoms with Crippen molar-refractivity contribution in [2.45, 2.75) is 59.4 Å². The maximum absolute atomic E-state index is 6.45. The Bertz CT molecular complexity index is 583. The van der Waals surface area contributed by atoms with Crippen LogP contribution in [0.1, 0.15) is 57.4 Å². The molecule has 0 bridgehead atoms. The third kappa shape index (κ3) is 7.08. The standard InChI is InChI=1S/C22H28I2O/c1-2-3-4-5-6-13-18-21(25-20-16-11-8-12-17-20)22(23,24)19-14-9-7-10-15-19/h7-12,14-17,21H,2-6,13,18H2,1H3. The summed E-state index contributed by atoms with van der Waals surface area (Å²) in [7, 11) is 0. The molecule has 1 atom stereocenters. The lowest BCUT2D eigenvalue weighted by atomic mass is 10.0. The SMILES string of the molecule is CCCCCCCCC(Oc1ccccc1)C(I)(I)c1ccccc1. The van der Waals surface area contributed by atoms with Gasteiger partial charge in [0.05, 0.1) is 0 Å². The molecule has 0 saturated heterocycles. The quantitative estimate of drug-likeness (QED) is 0.154. The van der Waals surface area contributed by atoms with Gasteiger partial charge < -0.3 is 4.74 Å². The molecule has 0 fully saturated rings. The monoisotopic (exact) mass is 562 g/mol. The van der Waals surface area contributed by atoms with Crippen LogP contribution in [0.3, 0.4) is 0 Å². The van der Waals surface area contributed by atoms with Crippen LogP contribution in [0, 0.1) is 0 Å². The van der Waals surface area contributed by atoms with E-state index in [1.807, 2.05) is 18.2 Å². The highest BCUT2D eigenvalue weighted by molar-refractivity contribution is 14.2. The summed E-state index contributed by atoms with van der Waals surface area (Å²) in [6.07, 6.45) is 9.13. The average molecular weight is 562 g/mol. The molecule has 0 radical (unpaired) electrons. The van der Waals surface area contributed by atoms with Crippen molar-refractivity contribution >= 4 is 45.2 Å². The summed E-state index contributed by atoms with van der Waals surface area (Å²) < 4.78 is 6.37. The second-order valence-corrected chi connectivity index (χ2v) is 11.9. The molecule has 0 spiro atoms. The second kappa shape index (κ2) is 11.4. The van der Waals surface area contributed by atoms with Gasteiger partial charge in [0.15, 0.2) is 0 Å². The van der Waals surface area contributed by atoms with Gasteiger partial charge in [-0.2, -0.15) is 0 Å². The molecule has 2 rings (SSSR count). The van der Waals surface area contributed by atoms with Crippen LogP contribution in [0.15, 0.2) is 60.7 Å². The molecule has 0 aromatic heterocycles. The summed E-state index contributed by atoms with van der Waals surface area (Å²) in [5, 5.41) is 0. The Morgan fingerprint density at radius 1 is 0.800 bits per heavy atom. The van der Waals surface area contributed by atoms with E-state index in [1.54, 1.807) is 0 Å². The Morgan fingerprint density at radius 2 is 1.36 bits per heavy atom. The predicted molar refractivity (Wildman–Crippen MR) is 125 cm³/mol. The second-order valence-electron chi connectivity index (χ2n) is 6.46. The number of benzene rings is 2. The first kappa shape index (κ1) is 21.0. The van der Waals surface area contributed by atoms with Gasteiger partial charge in [-0.25, -0.2) is 0 Å². The number of hydrogen-bond acceptors (Lipinski definition) is 1. The fourth-order valence-electron chi connectivity index (χ4n) is 2.93. The van der Waals surface area contributed by atoms with E-state index < -0.39 is 0 Å². The number of halogens is 2. The fraction of sp³-hybridized carbons (Fsp3) is 0.455. The van der Waals surface area contributed by atoms with Crippen molar-refractivity contribution in [2.24, 2.45) is 0 Å². The Balaban J connectivity index is 2.03. The lowest BCUT2D eigenvalue weighted by Crippen LogP contribution is -2.33. The zero-order chi connectivity index (χ0) is 18.0. The van der Waals surface area contributed by atoms with Crippen LogP contribution in [-0.4, -0.2) is 6.10 Å². The number of hydrogen-bond donors (Lipinski definition) is 0. The number of ether oxygens (including phenoxy) is 1. The van der Waals surface area contributed by atoms with Gasteiger partial charge in [-0.3, -0.25) is 0 Å². The summed E-state index contributed by atoms with van der Waals surface area (Å²) in [5.41, 5.74) is 1.32. The van der Waals surface area contributed by atoms with Gasteiger partial charge in [-0.1, -0.05) is 133 Å². The van der Waals surface area contributed by atoms with Crippen LogP contribution in [0.25, 0.3) is 0 Å².